The maximum Gasteiger partial charge on any atom is 0.287 e. The Balaban J connectivity index is 1.33. The molecule has 168 valence electrons. The third kappa shape index (κ3) is 5.50. The minimum Gasteiger partial charge on any atom is -0.467 e. The van der Waals surface area contributed by atoms with E-state index in [1.165, 1.54) is 11.8 Å². The number of nitrogens with one attached hydrogen (secondary N) is 1. The van der Waals surface area contributed by atoms with Crippen molar-refractivity contribution < 1.29 is 18.4 Å². The molecule has 0 aromatic carbocycles. The lowest BCUT2D eigenvalue weighted by molar-refractivity contribution is -0.129. The van der Waals surface area contributed by atoms with Crippen LogP contribution in [0.1, 0.15) is 34.7 Å². The molecular weight excluding hydrogens is 430 g/mol. The van der Waals surface area contributed by atoms with Crippen molar-refractivity contribution in [2.24, 2.45) is 0 Å². The molecule has 0 atom stereocenters. The number of aromatic nitrogens is 2. The van der Waals surface area contributed by atoms with Crippen LogP contribution < -0.4 is 10.2 Å². The van der Waals surface area contributed by atoms with Gasteiger partial charge in [-0.25, -0.2) is 9.97 Å². The van der Waals surface area contributed by atoms with Gasteiger partial charge in [-0.3, -0.25) is 9.59 Å². The lowest BCUT2D eigenvalue weighted by Gasteiger charge is -2.35. The molecule has 0 spiro atoms. The van der Waals surface area contributed by atoms with E-state index in [0.717, 1.165) is 24.6 Å². The normalized spacial score (nSPS) is 13.9. The van der Waals surface area contributed by atoms with Crippen molar-refractivity contribution in [2.75, 3.05) is 31.1 Å². The molecular formula is C22H25N5O4S. The monoisotopic (exact) mass is 455 g/mol. The van der Waals surface area contributed by atoms with Crippen molar-refractivity contribution in [2.45, 2.75) is 31.3 Å². The highest BCUT2D eigenvalue weighted by atomic mass is 32.2. The zero-order chi connectivity index (χ0) is 22.5. The van der Waals surface area contributed by atoms with Crippen LogP contribution in [0.15, 0.2) is 50.6 Å². The van der Waals surface area contributed by atoms with Crippen molar-refractivity contribution in [3.63, 3.8) is 0 Å². The SMILES string of the molecule is CC(=O)N1CCN(c2cc(C)nc(SCc3ccc(C(=O)NCc4ccco4)o3)n2)CC1. The van der Waals surface area contributed by atoms with Gasteiger partial charge in [0, 0.05) is 44.9 Å². The van der Waals surface area contributed by atoms with Crippen LogP contribution in [-0.4, -0.2) is 52.9 Å². The number of anilines is 1. The second kappa shape index (κ2) is 9.90. The molecule has 1 saturated heterocycles. The summed E-state index contributed by atoms with van der Waals surface area (Å²) in [5, 5.41) is 3.41. The molecule has 3 aromatic rings. The Morgan fingerprint density at radius 2 is 1.94 bits per heavy atom. The van der Waals surface area contributed by atoms with Crippen LogP contribution in [0.3, 0.4) is 0 Å². The molecule has 1 N–H and O–H groups in total. The predicted molar refractivity (Wildman–Crippen MR) is 119 cm³/mol. The highest BCUT2D eigenvalue weighted by Gasteiger charge is 2.20. The van der Waals surface area contributed by atoms with E-state index in [1.807, 2.05) is 17.9 Å². The van der Waals surface area contributed by atoms with E-state index in [4.69, 9.17) is 8.83 Å². The summed E-state index contributed by atoms with van der Waals surface area (Å²) >= 11 is 1.45. The smallest absolute Gasteiger partial charge is 0.287 e. The maximum atomic E-state index is 12.2. The molecule has 1 aliphatic rings. The van der Waals surface area contributed by atoms with Gasteiger partial charge in [-0.2, -0.15) is 0 Å². The number of nitrogens with zero attached hydrogens (tertiary/aromatic N) is 4. The Morgan fingerprint density at radius 3 is 2.66 bits per heavy atom. The molecule has 4 rings (SSSR count). The number of hydrogen-bond acceptors (Lipinski definition) is 8. The summed E-state index contributed by atoms with van der Waals surface area (Å²) in [6.45, 7) is 6.72. The molecule has 0 saturated carbocycles. The molecule has 2 amide bonds. The number of amides is 2. The number of furan rings is 2. The number of carbonyl (C=O) groups is 2. The summed E-state index contributed by atoms with van der Waals surface area (Å²) in [5.74, 6) is 2.77. The average molecular weight is 456 g/mol. The Kier molecular flexibility index (Phi) is 6.79. The van der Waals surface area contributed by atoms with Gasteiger partial charge in [-0.05, 0) is 31.2 Å². The third-order valence-corrected chi connectivity index (χ3v) is 5.97. The van der Waals surface area contributed by atoms with Crippen molar-refractivity contribution in [1.82, 2.24) is 20.2 Å². The zero-order valence-corrected chi connectivity index (χ0v) is 18.9. The van der Waals surface area contributed by atoms with E-state index in [2.05, 4.69) is 20.2 Å². The van der Waals surface area contributed by atoms with E-state index in [1.54, 1.807) is 37.5 Å². The first-order valence-electron chi connectivity index (χ1n) is 10.4. The predicted octanol–water partition coefficient (Wildman–Crippen LogP) is 2.86. The fourth-order valence-electron chi connectivity index (χ4n) is 3.38. The number of rotatable bonds is 7. The van der Waals surface area contributed by atoms with Crippen molar-refractivity contribution >= 4 is 29.4 Å². The number of thioether (sulfide) groups is 1. The number of piperazine rings is 1. The Bertz CT molecular complexity index is 1070. The Hall–Kier alpha value is -3.27. The first kappa shape index (κ1) is 21.9. The highest BCUT2D eigenvalue weighted by Crippen LogP contribution is 2.24. The minimum absolute atomic E-state index is 0.104. The highest BCUT2D eigenvalue weighted by molar-refractivity contribution is 7.98. The van der Waals surface area contributed by atoms with E-state index in [-0.39, 0.29) is 17.6 Å². The first-order chi connectivity index (χ1) is 15.5. The molecule has 0 unspecified atom stereocenters. The first-order valence-corrected chi connectivity index (χ1v) is 11.3. The van der Waals surface area contributed by atoms with Crippen LogP contribution in [0.4, 0.5) is 5.82 Å². The van der Waals surface area contributed by atoms with Gasteiger partial charge in [0.15, 0.2) is 10.9 Å². The van der Waals surface area contributed by atoms with Crippen molar-refractivity contribution in [3.8, 4) is 0 Å². The van der Waals surface area contributed by atoms with Gasteiger partial charge < -0.3 is 24.0 Å². The topological polar surface area (TPSA) is 105 Å². The lowest BCUT2D eigenvalue weighted by Crippen LogP contribution is -2.48. The molecule has 9 nitrogen and oxygen atoms in total. The van der Waals surface area contributed by atoms with Crippen LogP contribution in [-0.2, 0) is 17.1 Å². The summed E-state index contributed by atoms with van der Waals surface area (Å²) in [6.07, 6.45) is 1.56. The summed E-state index contributed by atoms with van der Waals surface area (Å²) in [6, 6.07) is 8.97. The molecule has 3 aromatic heterocycles. The Morgan fingerprint density at radius 1 is 1.12 bits per heavy atom. The van der Waals surface area contributed by atoms with E-state index < -0.39 is 0 Å². The van der Waals surface area contributed by atoms with Crippen LogP contribution in [0.2, 0.25) is 0 Å². The summed E-state index contributed by atoms with van der Waals surface area (Å²) in [7, 11) is 0. The fourth-order valence-corrected chi connectivity index (χ4v) is 4.18. The minimum atomic E-state index is -0.295. The number of aryl methyl sites for hydroxylation is 1. The summed E-state index contributed by atoms with van der Waals surface area (Å²) in [5.41, 5.74) is 0.879. The van der Waals surface area contributed by atoms with Gasteiger partial charge in [0.25, 0.3) is 5.91 Å². The standard InChI is InChI=1S/C22H25N5O4S/c1-15-12-20(27-9-7-26(8-10-27)16(2)28)25-22(24-15)32-14-18-5-6-19(31-18)21(29)23-13-17-4-3-11-30-17/h3-6,11-12H,7-10,13-14H2,1-2H3,(H,23,29). The summed E-state index contributed by atoms with van der Waals surface area (Å²) < 4.78 is 10.9. The molecule has 0 radical (unpaired) electrons. The van der Waals surface area contributed by atoms with Crippen LogP contribution >= 0.6 is 11.8 Å². The molecule has 4 heterocycles. The lowest BCUT2D eigenvalue weighted by atomic mass is 10.3. The average Bonchev–Trinajstić information content (AvgIpc) is 3.48. The molecule has 1 aliphatic heterocycles. The summed E-state index contributed by atoms with van der Waals surface area (Å²) in [4.78, 5) is 37.0. The second-order valence-corrected chi connectivity index (χ2v) is 8.40. The molecule has 10 heteroatoms. The molecule has 0 aliphatic carbocycles. The Labute approximate surface area is 190 Å². The molecule has 32 heavy (non-hydrogen) atoms. The van der Waals surface area contributed by atoms with Gasteiger partial charge in [-0.1, -0.05) is 11.8 Å². The van der Waals surface area contributed by atoms with Gasteiger partial charge in [0.05, 0.1) is 18.6 Å². The van der Waals surface area contributed by atoms with Gasteiger partial charge >= 0.3 is 0 Å². The van der Waals surface area contributed by atoms with Crippen molar-refractivity contribution in [3.05, 3.63) is 59.6 Å². The zero-order valence-electron chi connectivity index (χ0n) is 18.0. The van der Waals surface area contributed by atoms with Gasteiger partial charge in [-0.15, -0.1) is 0 Å². The fraction of sp³-hybridized carbons (Fsp3) is 0.364. The van der Waals surface area contributed by atoms with E-state index >= 15 is 0 Å². The van der Waals surface area contributed by atoms with Crippen LogP contribution in [0.25, 0.3) is 0 Å². The third-order valence-electron chi connectivity index (χ3n) is 5.10. The van der Waals surface area contributed by atoms with Crippen molar-refractivity contribution in [1.29, 1.82) is 0 Å². The maximum absolute atomic E-state index is 12.2. The van der Waals surface area contributed by atoms with Crippen LogP contribution in [0, 0.1) is 6.92 Å². The van der Waals surface area contributed by atoms with Crippen LogP contribution in [0.5, 0.6) is 0 Å². The van der Waals surface area contributed by atoms with Gasteiger partial charge in [0.1, 0.15) is 17.3 Å². The van der Waals surface area contributed by atoms with E-state index in [9.17, 15) is 9.59 Å². The number of carbonyl (C=O) groups excluding carboxylic acids is 2. The second-order valence-electron chi connectivity index (χ2n) is 7.46. The quantitative estimate of drug-likeness (QED) is 0.428. The largest absolute Gasteiger partial charge is 0.467 e. The molecule has 0 bridgehead atoms. The van der Waals surface area contributed by atoms with Gasteiger partial charge in [0.2, 0.25) is 5.91 Å². The molecule has 1 fully saturated rings. The van der Waals surface area contributed by atoms with E-state index in [0.29, 0.717) is 42.1 Å². The number of hydrogen-bond donors (Lipinski definition) is 1.